The summed E-state index contributed by atoms with van der Waals surface area (Å²) in [5.74, 6) is 3.31. The van der Waals surface area contributed by atoms with E-state index < -0.39 is 0 Å². The third-order valence-corrected chi connectivity index (χ3v) is 20.9. The van der Waals surface area contributed by atoms with Crippen LogP contribution in [0.3, 0.4) is 0 Å². The number of aromatic nitrogens is 6. The summed E-state index contributed by atoms with van der Waals surface area (Å²) >= 11 is 0. The number of hydrogen-bond donors (Lipinski definition) is 0. The van der Waals surface area contributed by atoms with Crippen molar-refractivity contribution in [2.45, 2.75) is 38.5 Å². The molecule has 8 nitrogen and oxygen atoms in total. The summed E-state index contributed by atoms with van der Waals surface area (Å²) in [6.45, 7) is 9.02. The second kappa shape index (κ2) is 24.2. The van der Waals surface area contributed by atoms with E-state index in [1.165, 1.54) is 33.4 Å². The summed E-state index contributed by atoms with van der Waals surface area (Å²) < 4.78 is 0. The molecule has 16 aromatic rings. The monoisotopic (exact) mass is 1300 g/mol. The van der Waals surface area contributed by atoms with Crippen molar-refractivity contribution in [1.29, 1.82) is 10.5 Å². The molecule has 0 fully saturated rings. The van der Waals surface area contributed by atoms with E-state index in [1.807, 2.05) is 97.1 Å². The van der Waals surface area contributed by atoms with Crippen LogP contribution in [0, 0.1) is 22.7 Å². The van der Waals surface area contributed by atoms with Crippen LogP contribution < -0.4 is 0 Å². The first kappa shape index (κ1) is 61.0. The molecule has 478 valence electrons. The van der Waals surface area contributed by atoms with Gasteiger partial charge in [0, 0.05) is 49.8 Å². The van der Waals surface area contributed by atoms with Crippen LogP contribution in [0.25, 0.3) is 168 Å². The topological polar surface area (TPSA) is 125 Å². The lowest BCUT2D eigenvalue weighted by Crippen LogP contribution is -2.15. The molecule has 2 aliphatic carbocycles. The molecule has 0 saturated carbocycles. The van der Waals surface area contributed by atoms with Gasteiger partial charge in [-0.15, -0.1) is 0 Å². The Morgan fingerprint density at radius 2 is 0.657 bits per heavy atom. The Morgan fingerprint density at radius 1 is 0.235 bits per heavy atom. The largest absolute Gasteiger partial charge is 0.208 e. The van der Waals surface area contributed by atoms with Crippen LogP contribution in [0.15, 0.2) is 303 Å². The van der Waals surface area contributed by atoms with Crippen LogP contribution >= 0.6 is 0 Å². The maximum atomic E-state index is 10.2. The van der Waals surface area contributed by atoms with Gasteiger partial charge in [-0.3, -0.25) is 0 Å². The predicted molar refractivity (Wildman–Crippen MR) is 413 cm³/mol. The molecule has 102 heavy (non-hydrogen) atoms. The van der Waals surface area contributed by atoms with Gasteiger partial charge in [0.15, 0.2) is 34.9 Å². The van der Waals surface area contributed by atoms with Crippen molar-refractivity contribution in [2.75, 3.05) is 0 Å². The minimum absolute atomic E-state index is 0.268. The highest BCUT2D eigenvalue weighted by Crippen LogP contribution is 2.54. The molecular weight excluding hydrogens is 1240 g/mol. The normalized spacial score (nSPS) is 12.8. The minimum atomic E-state index is -0.282. The summed E-state index contributed by atoms with van der Waals surface area (Å²) in [5.41, 5.74) is 25.7. The lowest BCUT2D eigenvalue weighted by Gasteiger charge is -2.22. The fourth-order valence-corrected chi connectivity index (χ4v) is 15.8. The van der Waals surface area contributed by atoms with Gasteiger partial charge in [-0.25, -0.2) is 29.9 Å². The number of benzene rings is 14. The number of rotatable bonds is 11. The third-order valence-electron chi connectivity index (χ3n) is 20.9. The molecule has 0 atom stereocenters. The molecule has 0 amide bonds. The molecule has 18 rings (SSSR count). The summed E-state index contributed by atoms with van der Waals surface area (Å²) in [6.07, 6.45) is 0. The zero-order valence-electron chi connectivity index (χ0n) is 56.4. The van der Waals surface area contributed by atoms with Gasteiger partial charge >= 0.3 is 0 Å². The highest BCUT2D eigenvalue weighted by atomic mass is 15.0. The van der Waals surface area contributed by atoms with Crippen LogP contribution in [0.2, 0.25) is 0 Å². The van der Waals surface area contributed by atoms with Crippen LogP contribution in [0.1, 0.15) is 61.1 Å². The van der Waals surface area contributed by atoms with Crippen molar-refractivity contribution in [1.82, 2.24) is 29.9 Å². The highest BCUT2D eigenvalue weighted by molar-refractivity contribution is 6.10. The van der Waals surface area contributed by atoms with Crippen LogP contribution in [0.5, 0.6) is 0 Å². The van der Waals surface area contributed by atoms with Gasteiger partial charge in [-0.05, 0) is 140 Å². The molecule has 0 N–H and O–H groups in total. The molecule has 0 radical (unpaired) electrons. The van der Waals surface area contributed by atoms with Crippen molar-refractivity contribution < 1.29 is 0 Å². The quantitative estimate of drug-likeness (QED) is 0.125. The highest BCUT2D eigenvalue weighted by Gasteiger charge is 2.39. The van der Waals surface area contributed by atoms with Gasteiger partial charge in [0.25, 0.3) is 0 Å². The van der Waals surface area contributed by atoms with Crippen molar-refractivity contribution in [3.63, 3.8) is 0 Å². The summed E-state index contributed by atoms with van der Waals surface area (Å²) in [5, 5.41) is 24.1. The molecular formula is C94H62N8. The second-order valence-electron chi connectivity index (χ2n) is 27.5. The first-order valence-corrected chi connectivity index (χ1v) is 34.4. The number of nitrogens with zero attached hydrogens (tertiary/aromatic N) is 8. The first-order chi connectivity index (χ1) is 50.0. The fourth-order valence-electron chi connectivity index (χ4n) is 15.8. The Hall–Kier alpha value is -13.4. The predicted octanol–water partition coefficient (Wildman–Crippen LogP) is 23.1. The number of hydrogen-bond acceptors (Lipinski definition) is 8. The van der Waals surface area contributed by atoms with E-state index in [0.29, 0.717) is 46.1 Å². The van der Waals surface area contributed by atoms with Crippen LogP contribution in [-0.4, -0.2) is 29.9 Å². The maximum absolute atomic E-state index is 10.2. The zero-order valence-corrected chi connectivity index (χ0v) is 56.4. The number of fused-ring (bicyclic) bond motifs is 8. The summed E-state index contributed by atoms with van der Waals surface area (Å²) in [6, 6.07) is 111. The summed E-state index contributed by atoms with van der Waals surface area (Å²) in [7, 11) is 0. The van der Waals surface area contributed by atoms with Crippen LogP contribution in [0.4, 0.5) is 0 Å². The minimum Gasteiger partial charge on any atom is -0.208 e. The van der Waals surface area contributed by atoms with E-state index in [-0.39, 0.29) is 10.8 Å². The Kier molecular flexibility index (Phi) is 14.5. The van der Waals surface area contributed by atoms with Crippen molar-refractivity contribution in [3.05, 3.63) is 337 Å². The average Bonchev–Trinajstić information content (AvgIpc) is 1.22. The van der Waals surface area contributed by atoms with Gasteiger partial charge in [0.2, 0.25) is 0 Å². The molecule has 0 spiro atoms. The maximum Gasteiger partial charge on any atom is 0.165 e. The molecule has 0 saturated heterocycles. The first-order valence-electron chi connectivity index (χ1n) is 34.4. The van der Waals surface area contributed by atoms with E-state index in [4.69, 9.17) is 29.9 Å². The van der Waals surface area contributed by atoms with Crippen molar-refractivity contribution in [3.8, 4) is 158 Å². The lowest BCUT2D eigenvalue weighted by molar-refractivity contribution is 0.660. The zero-order chi connectivity index (χ0) is 68.8. The Morgan fingerprint density at radius 3 is 1.27 bits per heavy atom. The molecule has 0 aliphatic heterocycles. The smallest absolute Gasteiger partial charge is 0.165 e. The molecule has 0 bridgehead atoms. The molecule has 2 heterocycles. The van der Waals surface area contributed by atoms with E-state index in [9.17, 15) is 10.5 Å². The Labute approximate surface area is 592 Å². The van der Waals surface area contributed by atoms with E-state index in [1.54, 1.807) is 0 Å². The molecule has 8 heteroatoms. The Bertz CT molecular complexity index is 6130. The van der Waals surface area contributed by atoms with Gasteiger partial charge < -0.3 is 0 Å². The van der Waals surface area contributed by atoms with Gasteiger partial charge in [0.1, 0.15) is 0 Å². The van der Waals surface area contributed by atoms with E-state index >= 15 is 0 Å². The second-order valence-corrected chi connectivity index (χ2v) is 27.5. The van der Waals surface area contributed by atoms with Gasteiger partial charge in [0.05, 0.1) is 23.3 Å². The van der Waals surface area contributed by atoms with Crippen LogP contribution in [-0.2, 0) is 10.8 Å². The lowest BCUT2D eigenvalue weighted by atomic mass is 9.81. The summed E-state index contributed by atoms with van der Waals surface area (Å²) in [4.78, 5) is 32.6. The van der Waals surface area contributed by atoms with Crippen molar-refractivity contribution in [2.24, 2.45) is 0 Å². The Balaban J connectivity index is 0.793. The SMILES string of the molecule is CC1(C)c2cc(-c3ccc(-c4ccc5c(-c6ccccc6-c6nc(-c7ccccc7)nc(-c7c(-c8ccc(-c9cccc%10c9-c9ccc(C#N)cc9C%10(C)C)cc8)ccc8ccccc78)n6)cccc5c4-c4nc(-c5ccccc5)nc(-c5ccccc5)n4)cc3)ccc2-c2c(C#N)cccc21. The third kappa shape index (κ3) is 10.1. The standard InChI is InChI=1S/C94H62N8/c1-93(2)79-35-18-28-67(56-96)83(79)77-50-47-66(54-82(77)93)58-38-40-61(41-39-58)71-51-52-74-72(33-19-34-75(74)86(71)92-99-87(63-22-8-5-9-23-63)97-88(100-92)64-24-10-6-11-25-64)73-30-16-17-31-76(73)90-98-89(65-26-12-7-13-27-65)101-91(102-90)85-69-29-15-14-21-59(69)46-49-70(85)62-44-42-60(43-45-62)68-32-20-36-80-84(68)78-48-37-57(55-95)53-81(78)94(80,3)4/h5-54H,1-4H3. The molecule has 2 aliphatic rings. The molecule has 14 aromatic carbocycles. The number of nitriles is 2. The average molecular weight is 1300 g/mol. The van der Waals surface area contributed by atoms with E-state index in [0.717, 1.165) is 122 Å². The fraction of sp³-hybridized carbons (Fsp3) is 0.0638. The van der Waals surface area contributed by atoms with E-state index in [2.05, 4.69) is 246 Å². The molecule has 2 aromatic heterocycles. The van der Waals surface area contributed by atoms with Gasteiger partial charge in [-0.1, -0.05) is 307 Å². The van der Waals surface area contributed by atoms with Gasteiger partial charge in [-0.2, -0.15) is 10.5 Å². The molecule has 0 unspecified atom stereocenters. The van der Waals surface area contributed by atoms with Crippen molar-refractivity contribution >= 4 is 21.5 Å².